The number of aromatic nitrogens is 1. The molecular formula is C6H8BNO. The summed E-state index contributed by atoms with van der Waals surface area (Å²) in [5.74, 6) is 0.845. The summed E-state index contributed by atoms with van der Waals surface area (Å²) in [4.78, 5) is 4.02. The first-order valence-corrected chi connectivity index (χ1v) is 2.80. The van der Waals surface area contributed by atoms with Gasteiger partial charge < -0.3 is 4.74 Å². The molecule has 1 aromatic rings. The molecule has 2 nitrogen and oxygen atoms in total. The Kier molecular flexibility index (Phi) is 1.73. The Morgan fingerprint density at radius 2 is 2.44 bits per heavy atom. The summed E-state index contributed by atoms with van der Waals surface area (Å²) >= 11 is 0. The number of ether oxygens (including phenoxy) is 1. The van der Waals surface area contributed by atoms with Crippen LogP contribution in [-0.4, -0.2) is 19.9 Å². The largest absolute Gasteiger partial charge is 0.496 e. The van der Waals surface area contributed by atoms with E-state index in [1.165, 1.54) is 0 Å². The van der Waals surface area contributed by atoms with Crippen molar-refractivity contribution in [2.45, 2.75) is 0 Å². The van der Waals surface area contributed by atoms with Gasteiger partial charge in [-0.2, -0.15) is 0 Å². The molecule has 0 saturated heterocycles. The molecule has 0 spiro atoms. The van der Waals surface area contributed by atoms with Gasteiger partial charge in [0.1, 0.15) is 5.75 Å². The molecule has 0 aromatic carbocycles. The molecule has 0 radical (unpaired) electrons. The molecule has 1 heterocycles. The fraction of sp³-hybridized carbons (Fsp3) is 0.167. The highest BCUT2D eigenvalue weighted by Crippen LogP contribution is 1.99. The van der Waals surface area contributed by atoms with E-state index >= 15 is 0 Å². The van der Waals surface area contributed by atoms with Crippen molar-refractivity contribution in [1.82, 2.24) is 4.98 Å². The van der Waals surface area contributed by atoms with Crippen molar-refractivity contribution in [2.24, 2.45) is 0 Å². The average molecular weight is 121 g/mol. The molecule has 0 aliphatic heterocycles. The highest BCUT2D eigenvalue weighted by molar-refractivity contribution is 6.32. The lowest BCUT2D eigenvalue weighted by molar-refractivity contribution is 0.417. The van der Waals surface area contributed by atoms with Gasteiger partial charge in [0.15, 0.2) is 7.85 Å². The lowest BCUT2D eigenvalue weighted by atomic mass is 10.0. The van der Waals surface area contributed by atoms with Gasteiger partial charge >= 0.3 is 0 Å². The van der Waals surface area contributed by atoms with Crippen LogP contribution in [0.25, 0.3) is 0 Å². The summed E-state index contributed by atoms with van der Waals surface area (Å²) in [7, 11) is 3.56. The fourth-order valence-corrected chi connectivity index (χ4v) is 0.685. The second-order valence-corrected chi connectivity index (χ2v) is 1.79. The number of nitrogens with zero attached hydrogens (tertiary/aromatic N) is 1. The summed E-state index contributed by atoms with van der Waals surface area (Å²) in [6, 6.07) is 3.74. The van der Waals surface area contributed by atoms with Gasteiger partial charge in [-0.1, -0.05) is 0 Å². The summed E-state index contributed by atoms with van der Waals surface area (Å²) < 4.78 is 4.98. The minimum atomic E-state index is 0.845. The van der Waals surface area contributed by atoms with Gasteiger partial charge in [-0.25, -0.2) is 0 Å². The first-order valence-electron chi connectivity index (χ1n) is 2.80. The number of methoxy groups -OCH3 is 1. The Morgan fingerprint density at radius 1 is 1.67 bits per heavy atom. The molecule has 0 aliphatic carbocycles. The molecule has 0 saturated carbocycles. The normalized spacial score (nSPS) is 9.00. The molecule has 0 aliphatic rings. The quantitative estimate of drug-likeness (QED) is 0.460. The van der Waals surface area contributed by atoms with Crippen LogP contribution in [-0.2, 0) is 0 Å². The van der Waals surface area contributed by atoms with E-state index in [0.717, 1.165) is 11.3 Å². The number of hydrogen-bond donors (Lipinski definition) is 0. The SMILES string of the molecule is Bc1ncccc1OC. The molecule has 0 bridgehead atoms. The molecule has 0 amide bonds. The molecule has 9 heavy (non-hydrogen) atoms. The van der Waals surface area contributed by atoms with Gasteiger partial charge in [0, 0.05) is 11.8 Å². The van der Waals surface area contributed by atoms with E-state index in [9.17, 15) is 0 Å². The van der Waals surface area contributed by atoms with Crippen molar-refractivity contribution < 1.29 is 4.74 Å². The van der Waals surface area contributed by atoms with Crippen LogP contribution in [0.1, 0.15) is 0 Å². The molecule has 0 atom stereocenters. The number of rotatable bonds is 1. The molecular weight excluding hydrogens is 113 g/mol. The van der Waals surface area contributed by atoms with E-state index in [1.807, 2.05) is 20.0 Å². The third-order valence-corrected chi connectivity index (χ3v) is 1.18. The average Bonchev–Trinajstić information content (AvgIpc) is 1.89. The second kappa shape index (κ2) is 2.53. The van der Waals surface area contributed by atoms with Crippen LogP contribution in [0.15, 0.2) is 18.3 Å². The molecule has 1 aromatic heterocycles. The first-order chi connectivity index (χ1) is 4.34. The molecule has 0 N–H and O–H groups in total. The second-order valence-electron chi connectivity index (χ2n) is 1.79. The lowest BCUT2D eigenvalue weighted by Gasteiger charge is -1.99. The summed E-state index contributed by atoms with van der Waals surface area (Å²) in [6.07, 6.45) is 1.75. The van der Waals surface area contributed by atoms with Gasteiger partial charge in [-0.3, -0.25) is 4.98 Å². The van der Waals surface area contributed by atoms with E-state index in [-0.39, 0.29) is 0 Å². The monoisotopic (exact) mass is 121 g/mol. The van der Waals surface area contributed by atoms with Crippen molar-refractivity contribution in [3.63, 3.8) is 0 Å². The molecule has 0 unspecified atom stereocenters. The minimum absolute atomic E-state index is 0.845. The zero-order valence-corrected chi connectivity index (χ0v) is 5.59. The maximum Gasteiger partial charge on any atom is 0.168 e. The van der Waals surface area contributed by atoms with E-state index in [4.69, 9.17) is 4.74 Å². The maximum atomic E-state index is 4.98. The Balaban J connectivity index is 3.01. The van der Waals surface area contributed by atoms with Gasteiger partial charge in [0.25, 0.3) is 0 Å². The predicted octanol–water partition coefficient (Wildman–Crippen LogP) is -0.651. The topological polar surface area (TPSA) is 22.1 Å². The molecule has 0 fully saturated rings. The smallest absolute Gasteiger partial charge is 0.168 e. The summed E-state index contributed by atoms with van der Waals surface area (Å²) in [6.45, 7) is 0. The number of hydrogen-bond acceptors (Lipinski definition) is 2. The van der Waals surface area contributed by atoms with Gasteiger partial charge in [-0.05, 0) is 12.1 Å². The number of pyridine rings is 1. The predicted molar refractivity (Wildman–Crippen MR) is 39.0 cm³/mol. The molecule has 46 valence electrons. The van der Waals surface area contributed by atoms with Crippen molar-refractivity contribution in [3.05, 3.63) is 18.3 Å². The maximum absolute atomic E-state index is 4.98. The Morgan fingerprint density at radius 3 is 2.89 bits per heavy atom. The minimum Gasteiger partial charge on any atom is -0.496 e. The van der Waals surface area contributed by atoms with Crippen molar-refractivity contribution in [3.8, 4) is 5.75 Å². The van der Waals surface area contributed by atoms with Gasteiger partial charge in [0.2, 0.25) is 0 Å². The highest BCUT2D eigenvalue weighted by atomic mass is 16.5. The molecule has 1 rings (SSSR count). The highest BCUT2D eigenvalue weighted by Gasteiger charge is 1.92. The van der Waals surface area contributed by atoms with E-state index in [1.54, 1.807) is 13.3 Å². The fourth-order valence-electron chi connectivity index (χ4n) is 0.685. The summed E-state index contributed by atoms with van der Waals surface area (Å²) in [5.41, 5.74) is 0.931. The Bertz CT molecular complexity index is 202. The van der Waals surface area contributed by atoms with Crippen LogP contribution < -0.4 is 10.3 Å². The van der Waals surface area contributed by atoms with Crippen LogP contribution >= 0.6 is 0 Å². The summed E-state index contributed by atoms with van der Waals surface area (Å²) in [5, 5.41) is 0. The Labute approximate surface area is 55.3 Å². The Hall–Kier alpha value is -0.985. The zero-order chi connectivity index (χ0) is 6.69. The van der Waals surface area contributed by atoms with Crippen molar-refractivity contribution >= 4 is 13.4 Å². The van der Waals surface area contributed by atoms with Crippen LogP contribution in [0.2, 0.25) is 0 Å². The molecule has 3 heteroatoms. The van der Waals surface area contributed by atoms with Crippen molar-refractivity contribution in [1.29, 1.82) is 0 Å². The van der Waals surface area contributed by atoms with Crippen LogP contribution in [0.5, 0.6) is 5.75 Å². The lowest BCUT2D eigenvalue weighted by Crippen LogP contribution is -2.10. The third-order valence-electron chi connectivity index (χ3n) is 1.18. The van der Waals surface area contributed by atoms with E-state index < -0.39 is 0 Å². The van der Waals surface area contributed by atoms with Crippen LogP contribution in [0, 0.1) is 0 Å². The van der Waals surface area contributed by atoms with Gasteiger partial charge in [-0.15, -0.1) is 0 Å². The third kappa shape index (κ3) is 1.22. The zero-order valence-electron chi connectivity index (χ0n) is 5.59. The van der Waals surface area contributed by atoms with E-state index in [0.29, 0.717) is 0 Å². The first kappa shape index (κ1) is 6.14. The van der Waals surface area contributed by atoms with Crippen molar-refractivity contribution in [2.75, 3.05) is 7.11 Å². The van der Waals surface area contributed by atoms with Gasteiger partial charge in [0.05, 0.1) is 7.11 Å². The van der Waals surface area contributed by atoms with Crippen LogP contribution in [0.3, 0.4) is 0 Å². The van der Waals surface area contributed by atoms with E-state index in [2.05, 4.69) is 4.98 Å². The standard InChI is InChI=1S/C6H8BNO/c1-9-5-3-2-4-8-6(5)7/h2-4H,7H2,1H3. The van der Waals surface area contributed by atoms with Crippen LogP contribution in [0.4, 0.5) is 0 Å².